The molecule has 15 nitrogen and oxygen atoms in total. The van der Waals surface area contributed by atoms with Gasteiger partial charge in [-0.15, -0.1) is 0 Å². The predicted octanol–water partition coefficient (Wildman–Crippen LogP) is 4.36. The van der Waals surface area contributed by atoms with Crippen LogP contribution in [0.4, 0.5) is 22.1 Å². The van der Waals surface area contributed by atoms with Gasteiger partial charge in [0, 0.05) is 75.4 Å². The second kappa shape index (κ2) is 14.3. The molecule has 2 aromatic heterocycles. The number of rotatable bonds is 8. The summed E-state index contributed by atoms with van der Waals surface area (Å²) in [6.45, 7) is 4.56. The third-order valence-corrected chi connectivity index (χ3v) is 12.4. The van der Waals surface area contributed by atoms with E-state index in [2.05, 4.69) is 48.8 Å². The van der Waals surface area contributed by atoms with Crippen molar-refractivity contribution in [2.24, 2.45) is 5.73 Å². The number of urea groups is 1. The van der Waals surface area contributed by atoms with Crippen LogP contribution in [0, 0.1) is 0 Å². The Bertz CT molecular complexity index is 2160. The van der Waals surface area contributed by atoms with Gasteiger partial charge in [-0.1, -0.05) is 23.4 Å². The van der Waals surface area contributed by atoms with E-state index in [0.717, 1.165) is 93.5 Å². The highest BCUT2D eigenvalue weighted by atomic mass is 16.5. The average molecular weight is 747 g/mol. The molecule has 286 valence electrons. The molecular weight excluding hydrogens is 701 g/mol. The molecule has 4 fully saturated rings. The molecule has 0 radical (unpaired) electrons. The summed E-state index contributed by atoms with van der Waals surface area (Å²) in [6.07, 6.45) is 8.55. The SMILES string of the molecule is CN1CCN([C@@H]2CCCN(c3cnc(C(N)=O)c(Nc4ccc(C5CCC(N6Cc7ccc8c(C9CCC(=O)NC9=O)noc8c7C6)CC5)cc4)n3)C2)C1=O. The number of nitrogens with zero attached hydrogens (tertiary/aromatic N) is 7. The Morgan fingerprint density at radius 1 is 0.945 bits per heavy atom. The Hall–Kier alpha value is -5.57. The van der Waals surface area contributed by atoms with Crippen molar-refractivity contribution < 1.29 is 23.7 Å². The molecule has 4 aromatic rings. The number of benzene rings is 2. The van der Waals surface area contributed by atoms with E-state index in [1.165, 1.54) is 11.1 Å². The Balaban J connectivity index is 0.825. The van der Waals surface area contributed by atoms with E-state index >= 15 is 0 Å². The number of nitrogens with one attached hydrogen (secondary N) is 2. The van der Waals surface area contributed by atoms with Crippen LogP contribution in [0.1, 0.15) is 96.1 Å². The van der Waals surface area contributed by atoms with Crippen LogP contribution in [0.3, 0.4) is 0 Å². The largest absolute Gasteiger partial charge is 0.364 e. The first-order valence-corrected chi connectivity index (χ1v) is 19.5. The maximum atomic E-state index is 12.7. The van der Waals surface area contributed by atoms with Gasteiger partial charge in [0.05, 0.1) is 18.2 Å². The standard InChI is InChI=1S/C40H46N10O5/c1-47-17-18-50(40(47)54)28-3-2-16-48(21-28)32-19-42-35(37(41)52)38(44-32)43-26-9-4-23(5-10-26)24-6-11-27(12-7-24)49-20-25-8-13-29-34(46-55-36(29)31(25)22-49)30-14-15-33(51)45-39(30)53/h4-5,8-10,13,19,24,27-28,30H,2-3,6-7,11-12,14-18,20-22H2,1H3,(H2,41,52)(H,43,44)(H,45,51,53)/t24?,27?,28-,30?/m1/s1. The van der Waals surface area contributed by atoms with Gasteiger partial charge in [0.2, 0.25) is 11.8 Å². The summed E-state index contributed by atoms with van der Waals surface area (Å²) in [4.78, 5) is 66.9. The fourth-order valence-electron chi connectivity index (χ4n) is 9.36. The quantitative estimate of drug-likeness (QED) is 0.218. The van der Waals surface area contributed by atoms with E-state index in [4.69, 9.17) is 15.2 Å². The molecule has 2 aromatic carbocycles. The molecule has 3 saturated heterocycles. The average Bonchev–Trinajstić information content (AvgIpc) is 3.92. The number of aromatic nitrogens is 3. The van der Waals surface area contributed by atoms with Crippen molar-refractivity contribution >= 4 is 52.0 Å². The van der Waals surface area contributed by atoms with Crippen molar-refractivity contribution in [1.82, 2.24) is 35.1 Å². The molecule has 1 saturated carbocycles. The fraction of sp³-hybridized carbons (Fsp3) is 0.475. The Morgan fingerprint density at radius 3 is 2.51 bits per heavy atom. The summed E-state index contributed by atoms with van der Waals surface area (Å²) in [6, 6.07) is 13.1. The van der Waals surface area contributed by atoms with Gasteiger partial charge in [-0.05, 0) is 80.2 Å². The van der Waals surface area contributed by atoms with Crippen molar-refractivity contribution in [1.29, 1.82) is 0 Å². The lowest BCUT2D eigenvalue weighted by atomic mass is 9.81. The van der Waals surface area contributed by atoms with Gasteiger partial charge >= 0.3 is 6.03 Å². The summed E-state index contributed by atoms with van der Waals surface area (Å²) in [5.74, 6) is -0.255. The van der Waals surface area contributed by atoms with Crippen LogP contribution in [0.25, 0.3) is 11.0 Å². The smallest absolute Gasteiger partial charge is 0.320 e. The van der Waals surface area contributed by atoms with Crippen LogP contribution in [-0.2, 0) is 22.7 Å². The number of fused-ring (bicyclic) bond motifs is 3. The first-order valence-electron chi connectivity index (χ1n) is 19.5. The number of carbonyl (C=O) groups is 4. The lowest BCUT2D eigenvalue weighted by molar-refractivity contribution is -0.134. The maximum Gasteiger partial charge on any atom is 0.320 e. The molecule has 0 bridgehead atoms. The zero-order valence-corrected chi connectivity index (χ0v) is 31.0. The van der Waals surface area contributed by atoms with E-state index < -0.39 is 11.8 Å². The van der Waals surface area contributed by atoms with Crippen LogP contribution < -0.4 is 21.3 Å². The lowest BCUT2D eigenvalue weighted by Gasteiger charge is -2.37. The van der Waals surface area contributed by atoms with Crippen LogP contribution in [0.2, 0.25) is 0 Å². The van der Waals surface area contributed by atoms with E-state index in [1.807, 2.05) is 30.1 Å². The number of nitrogens with two attached hydrogens (primary N) is 1. The van der Waals surface area contributed by atoms with Gasteiger partial charge in [-0.3, -0.25) is 24.6 Å². The van der Waals surface area contributed by atoms with Crippen LogP contribution in [0.5, 0.6) is 0 Å². The van der Waals surface area contributed by atoms with Gasteiger partial charge < -0.3 is 30.3 Å². The van der Waals surface area contributed by atoms with E-state index in [0.29, 0.717) is 48.7 Å². The zero-order chi connectivity index (χ0) is 37.8. The minimum Gasteiger partial charge on any atom is -0.364 e. The number of carbonyl (C=O) groups excluding carboxylic acids is 4. The third kappa shape index (κ3) is 6.64. The molecule has 6 heterocycles. The van der Waals surface area contributed by atoms with Crippen LogP contribution in [0.15, 0.2) is 47.1 Å². The van der Waals surface area contributed by atoms with Gasteiger partial charge in [-0.2, -0.15) is 0 Å². The van der Waals surface area contributed by atoms with Crippen molar-refractivity contribution in [3.63, 3.8) is 0 Å². The second-order valence-electron chi connectivity index (χ2n) is 15.7. The van der Waals surface area contributed by atoms with Gasteiger partial charge in [0.25, 0.3) is 5.91 Å². The van der Waals surface area contributed by atoms with Gasteiger partial charge in [0.1, 0.15) is 11.5 Å². The highest BCUT2D eigenvalue weighted by Gasteiger charge is 2.37. The number of imide groups is 1. The molecule has 15 heteroatoms. The van der Waals surface area contributed by atoms with Crippen LogP contribution in [-0.4, -0.2) is 98.9 Å². The molecule has 55 heavy (non-hydrogen) atoms. The Morgan fingerprint density at radius 2 is 1.76 bits per heavy atom. The number of hydrogen-bond donors (Lipinski definition) is 3. The van der Waals surface area contributed by atoms with Crippen LogP contribution >= 0.6 is 0 Å². The van der Waals surface area contributed by atoms with Crippen molar-refractivity contribution in [3.8, 4) is 0 Å². The van der Waals surface area contributed by atoms with Crippen molar-refractivity contribution in [3.05, 3.63) is 70.7 Å². The minimum atomic E-state index is -0.652. The highest BCUT2D eigenvalue weighted by Crippen LogP contribution is 2.41. The molecule has 4 aliphatic heterocycles. The van der Waals surface area contributed by atoms with Gasteiger partial charge in [0.15, 0.2) is 17.1 Å². The fourth-order valence-corrected chi connectivity index (χ4v) is 9.36. The van der Waals surface area contributed by atoms with E-state index in [-0.39, 0.29) is 29.6 Å². The van der Waals surface area contributed by atoms with E-state index in [9.17, 15) is 19.2 Å². The second-order valence-corrected chi connectivity index (χ2v) is 15.7. The highest BCUT2D eigenvalue weighted by molar-refractivity contribution is 6.02. The molecular formula is C40H46N10O5. The monoisotopic (exact) mass is 746 g/mol. The molecule has 1 unspecified atom stereocenters. The zero-order valence-electron chi connectivity index (χ0n) is 31.0. The number of piperidine rings is 2. The number of anilines is 3. The molecule has 9 rings (SSSR count). The minimum absolute atomic E-state index is 0.0668. The number of hydrogen-bond acceptors (Lipinski definition) is 11. The first-order chi connectivity index (χ1) is 26.7. The number of likely N-dealkylation sites (N-methyl/N-ethyl adjacent to an activating group) is 1. The summed E-state index contributed by atoms with van der Waals surface area (Å²) < 4.78 is 5.86. The number of amides is 5. The van der Waals surface area contributed by atoms with Crippen molar-refractivity contribution in [2.45, 2.75) is 88.4 Å². The Kier molecular flexibility index (Phi) is 9.11. The van der Waals surface area contributed by atoms with Gasteiger partial charge in [-0.25, -0.2) is 14.8 Å². The molecule has 2 atom stereocenters. The Labute approximate surface area is 318 Å². The number of primary amides is 1. The normalized spacial score (nSPS) is 24.7. The first kappa shape index (κ1) is 35.2. The maximum absolute atomic E-state index is 12.7. The van der Waals surface area contributed by atoms with E-state index in [1.54, 1.807) is 11.1 Å². The molecule has 1 aliphatic carbocycles. The molecule has 5 amide bonds. The summed E-state index contributed by atoms with van der Waals surface area (Å²) in [7, 11) is 1.84. The van der Waals surface area contributed by atoms with Crippen molar-refractivity contribution in [2.75, 3.05) is 43.4 Å². The molecule has 5 aliphatic rings. The molecule has 0 spiro atoms. The summed E-state index contributed by atoms with van der Waals surface area (Å²) >= 11 is 0. The summed E-state index contributed by atoms with van der Waals surface area (Å²) in [5.41, 5.74) is 11.6. The lowest BCUT2D eigenvalue weighted by Crippen LogP contribution is -2.49. The topological polar surface area (TPSA) is 183 Å². The summed E-state index contributed by atoms with van der Waals surface area (Å²) in [5, 5.41) is 10.9. The molecule has 4 N–H and O–H groups in total. The third-order valence-electron chi connectivity index (χ3n) is 12.4. The predicted molar refractivity (Wildman–Crippen MR) is 204 cm³/mol.